The number of rotatable bonds is 33. The van der Waals surface area contributed by atoms with Crippen molar-refractivity contribution < 1.29 is 9.53 Å². The summed E-state index contributed by atoms with van der Waals surface area (Å²) in [7, 11) is 4.08. The van der Waals surface area contributed by atoms with E-state index in [2.05, 4.69) is 95.1 Å². The van der Waals surface area contributed by atoms with E-state index >= 15 is 0 Å². The average molecular weight is 702 g/mol. The SMILES string of the molecule is CCC/C=C\C/C=C\CCCCC.CCC/C=C\C/C=C\CCCCC.CCCCCCCC(CCCCCCC)OC(=O)CCCN(C)C. The van der Waals surface area contributed by atoms with E-state index in [1.54, 1.807) is 0 Å². The lowest BCUT2D eigenvalue weighted by atomic mass is 10.0. The predicted molar refractivity (Wildman–Crippen MR) is 228 cm³/mol. The third-order valence-corrected chi connectivity index (χ3v) is 8.61. The zero-order valence-electron chi connectivity index (χ0n) is 35.5. The molecule has 0 saturated carbocycles. The maximum atomic E-state index is 12.1. The van der Waals surface area contributed by atoms with Gasteiger partial charge in [0.15, 0.2) is 0 Å². The molecule has 0 amide bonds. The van der Waals surface area contributed by atoms with Gasteiger partial charge in [-0.05, 0) is 104 Å². The first kappa shape index (κ1) is 52.7. The summed E-state index contributed by atoms with van der Waals surface area (Å²) in [5.41, 5.74) is 0. The van der Waals surface area contributed by atoms with Gasteiger partial charge in [-0.15, -0.1) is 0 Å². The molecule has 0 heterocycles. The zero-order valence-corrected chi connectivity index (χ0v) is 35.5. The Labute approximate surface area is 316 Å². The number of carbonyl (C=O) groups excluding carboxylic acids is 1. The van der Waals surface area contributed by atoms with Gasteiger partial charge in [0.1, 0.15) is 6.10 Å². The van der Waals surface area contributed by atoms with Gasteiger partial charge in [0.2, 0.25) is 0 Å². The molecule has 3 nitrogen and oxygen atoms in total. The number of nitrogens with zero attached hydrogens (tertiary/aromatic N) is 1. The number of unbranched alkanes of at least 4 members (excludes halogenated alkanes) is 16. The number of allylic oxidation sites excluding steroid dienone is 8. The van der Waals surface area contributed by atoms with Crippen molar-refractivity contribution in [2.24, 2.45) is 0 Å². The predicted octanol–water partition coefficient (Wildman–Crippen LogP) is 15.7. The maximum Gasteiger partial charge on any atom is 0.306 e. The molecule has 0 spiro atoms. The Balaban J connectivity index is -0.000000721. The van der Waals surface area contributed by atoms with Gasteiger partial charge in [0, 0.05) is 6.42 Å². The first-order valence-electron chi connectivity index (χ1n) is 21.9. The van der Waals surface area contributed by atoms with E-state index in [1.165, 1.54) is 141 Å². The summed E-state index contributed by atoms with van der Waals surface area (Å²) >= 11 is 0. The number of ether oxygens (including phenoxy) is 1. The normalized spacial score (nSPS) is 11.6. The number of hydrogen-bond acceptors (Lipinski definition) is 3. The molecule has 0 radical (unpaired) electrons. The lowest BCUT2D eigenvalue weighted by Gasteiger charge is -2.18. The van der Waals surface area contributed by atoms with Crippen LogP contribution in [0.5, 0.6) is 0 Å². The molecular formula is C47H91NO2. The Morgan fingerprint density at radius 1 is 0.460 bits per heavy atom. The molecule has 0 aromatic carbocycles. The Kier molecular flexibility index (Phi) is 52.2. The minimum absolute atomic E-state index is 0.00367. The number of esters is 1. The van der Waals surface area contributed by atoms with Gasteiger partial charge >= 0.3 is 5.97 Å². The highest BCUT2D eigenvalue weighted by Crippen LogP contribution is 2.17. The van der Waals surface area contributed by atoms with Gasteiger partial charge < -0.3 is 9.64 Å². The van der Waals surface area contributed by atoms with Crippen LogP contribution in [0.3, 0.4) is 0 Å². The first-order chi connectivity index (χ1) is 24.4. The molecule has 0 aliphatic carbocycles. The summed E-state index contributed by atoms with van der Waals surface area (Å²) in [6.45, 7) is 14.4. The molecule has 50 heavy (non-hydrogen) atoms. The molecule has 296 valence electrons. The lowest BCUT2D eigenvalue weighted by molar-refractivity contribution is -0.150. The Bertz CT molecular complexity index is 687. The van der Waals surface area contributed by atoms with Crippen LogP contribution in [-0.2, 0) is 9.53 Å². The van der Waals surface area contributed by atoms with Crippen LogP contribution < -0.4 is 0 Å². The van der Waals surface area contributed by atoms with E-state index in [0.717, 1.165) is 38.6 Å². The van der Waals surface area contributed by atoms with Crippen molar-refractivity contribution in [2.75, 3.05) is 20.6 Å². The maximum absolute atomic E-state index is 12.1. The molecule has 0 aromatic heterocycles. The van der Waals surface area contributed by atoms with Crippen LogP contribution in [0, 0.1) is 0 Å². The molecule has 0 N–H and O–H groups in total. The Morgan fingerprint density at radius 3 is 1.22 bits per heavy atom. The van der Waals surface area contributed by atoms with Crippen LogP contribution in [0.4, 0.5) is 0 Å². The van der Waals surface area contributed by atoms with E-state index in [0.29, 0.717) is 6.42 Å². The second kappa shape index (κ2) is 49.5. The molecule has 0 unspecified atom stereocenters. The minimum atomic E-state index is 0.00367. The standard InChI is InChI=1S/C21H43NO2.2C13H24/c1-5-7-9-11-13-16-20(17-14-12-10-8-6-2)24-21(23)18-15-19-22(3)4;2*1-3-5-7-9-11-13-12-10-8-6-4-2/h20H,5-19H2,1-4H3;2*7,9,12-13H,3-6,8,10-11H2,1-2H3/b;2*9-7-,13-12-. The molecule has 0 aliphatic heterocycles. The van der Waals surface area contributed by atoms with Crippen LogP contribution >= 0.6 is 0 Å². The highest BCUT2D eigenvalue weighted by molar-refractivity contribution is 5.69. The van der Waals surface area contributed by atoms with Crippen molar-refractivity contribution in [2.45, 2.75) is 227 Å². The Hall–Kier alpha value is -1.61. The lowest BCUT2D eigenvalue weighted by Crippen LogP contribution is -2.20. The third kappa shape index (κ3) is 53.2. The van der Waals surface area contributed by atoms with Crippen LogP contribution in [0.1, 0.15) is 221 Å². The van der Waals surface area contributed by atoms with Crippen molar-refractivity contribution >= 4 is 5.97 Å². The summed E-state index contributed by atoms with van der Waals surface area (Å²) < 4.78 is 5.79. The van der Waals surface area contributed by atoms with E-state index in [9.17, 15) is 4.79 Å². The zero-order chi connectivity index (χ0) is 37.6. The summed E-state index contributed by atoms with van der Waals surface area (Å²) in [6, 6.07) is 0. The third-order valence-electron chi connectivity index (χ3n) is 8.61. The smallest absolute Gasteiger partial charge is 0.306 e. The van der Waals surface area contributed by atoms with Crippen molar-refractivity contribution in [3.8, 4) is 0 Å². The highest BCUT2D eigenvalue weighted by atomic mass is 16.5. The summed E-state index contributed by atoms with van der Waals surface area (Å²) in [6.07, 6.45) is 52.6. The fourth-order valence-electron chi connectivity index (χ4n) is 5.37. The van der Waals surface area contributed by atoms with Gasteiger partial charge in [-0.1, -0.05) is 180 Å². The Morgan fingerprint density at radius 2 is 0.840 bits per heavy atom. The molecular weight excluding hydrogens is 611 g/mol. The van der Waals surface area contributed by atoms with Gasteiger partial charge in [-0.2, -0.15) is 0 Å². The molecule has 0 fully saturated rings. The van der Waals surface area contributed by atoms with Gasteiger partial charge in [-0.3, -0.25) is 4.79 Å². The molecule has 0 aromatic rings. The fourth-order valence-corrected chi connectivity index (χ4v) is 5.37. The summed E-state index contributed by atoms with van der Waals surface area (Å²) in [5, 5.41) is 0. The molecule has 0 atom stereocenters. The number of carbonyl (C=O) groups is 1. The van der Waals surface area contributed by atoms with Crippen molar-refractivity contribution in [1.29, 1.82) is 0 Å². The van der Waals surface area contributed by atoms with Crippen molar-refractivity contribution in [3.63, 3.8) is 0 Å². The van der Waals surface area contributed by atoms with Gasteiger partial charge in [0.05, 0.1) is 0 Å². The summed E-state index contributed by atoms with van der Waals surface area (Å²) in [4.78, 5) is 14.2. The average Bonchev–Trinajstić information content (AvgIpc) is 3.10. The van der Waals surface area contributed by atoms with E-state index < -0.39 is 0 Å². The molecule has 0 saturated heterocycles. The van der Waals surface area contributed by atoms with Crippen LogP contribution in [0.25, 0.3) is 0 Å². The molecule has 0 aliphatic rings. The first-order valence-corrected chi connectivity index (χ1v) is 21.9. The molecule has 0 rings (SSSR count). The van der Waals surface area contributed by atoms with E-state index in [1.807, 2.05) is 14.1 Å². The van der Waals surface area contributed by atoms with E-state index in [-0.39, 0.29) is 12.1 Å². The molecule has 0 bridgehead atoms. The largest absolute Gasteiger partial charge is 0.462 e. The van der Waals surface area contributed by atoms with E-state index in [4.69, 9.17) is 4.74 Å². The van der Waals surface area contributed by atoms with Crippen LogP contribution in [-0.4, -0.2) is 37.6 Å². The molecule has 3 heteroatoms. The van der Waals surface area contributed by atoms with Gasteiger partial charge in [0.25, 0.3) is 0 Å². The van der Waals surface area contributed by atoms with Crippen LogP contribution in [0.15, 0.2) is 48.6 Å². The summed E-state index contributed by atoms with van der Waals surface area (Å²) in [5.74, 6) is 0.00367. The quantitative estimate of drug-likeness (QED) is 0.0387. The monoisotopic (exact) mass is 702 g/mol. The van der Waals surface area contributed by atoms with Crippen molar-refractivity contribution in [1.82, 2.24) is 4.90 Å². The highest BCUT2D eigenvalue weighted by Gasteiger charge is 2.14. The number of hydrogen-bond donors (Lipinski definition) is 0. The topological polar surface area (TPSA) is 29.5 Å². The second-order valence-electron chi connectivity index (χ2n) is 14.4. The van der Waals surface area contributed by atoms with Crippen molar-refractivity contribution in [3.05, 3.63) is 48.6 Å². The second-order valence-corrected chi connectivity index (χ2v) is 14.4. The van der Waals surface area contributed by atoms with Gasteiger partial charge in [-0.25, -0.2) is 0 Å². The fraction of sp³-hybridized carbons (Fsp3) is 0.809. The van der Waals surface area contributed by atoms with Crippen LogP contribution in [0.2, 0.25) is 0 Å². The minimum Gasteiger partial charge on any atom is -0.462 e.